The van der Waals surface area contributed by atoms with Gasteiger partial charge in [-0.25, -0.2) is 0 Å². The Morgan fingerprint density at radius 2 is 2.10 bits per heavy atom. The van der Waals surface area contributed by atoms with Gasteiger partial charge in [0.15, 0.2) is 0 Å². The summed E-state index contributed by atoms with van der Waals surface area (Å²) < 4.78 is 11.4. The van der Waals surface area contributed by atoms with Gasteiger partial charge in [0.1, 0.15) is 12.4 Å². The first-order chi connectivity index (χ1) is 9.81. The zero-order chi connectivity index (χ0) is 13.8. The molecule has 0 saturated carbocycles. The molecule has 4 heteroatoms. The third-order valence-corrected chi connectivity index (χ3v) is 4.18. The largest absolute Gasteiger partial charge is 0.491 e. The second-order valence-corrected chi connectivity index (χ2v) is 5.77. The number of rotatable bonds is 4. The molecule has 0 spiro atoms. The van der Waals surface area contributed by atoms with Crippen molar-refractivity contribution in [3.63, 3.8) is 0 Å². The molecule has 110 valence electrons. The average molecular weight is 276 g/mol. The molecule has 3 rings (SSSR count). The van der Waals surface area contributed by atoms with Crippen LogP contribution in [0, 0.1) is 0 Å². The number of hydrogen-bond donors (Lipinski definition) is 1. The van der Waals surface area contributed by atoms with E-state index in [-0.39, 0.29) is 6.10 Å². The molecule has 0 radical (unpaired) electrons. The molecule has 1 aromatic carbocycles. The molecule has 0 aliphatic carbocycles. The maximum Gasteiger partial charge on any atom is 0.121 e. The molecule has 2 N–H and O–H groups in total. The minimum atomic E-state index is 0.270. The summed E-state index contributed by atoms with van der Waals surface area (Å²) in [5.74, 6) is 0.938. The summed E-state index contributed by atoms with van der Waals surface area (Å²) in [5, 5.41) is 0. The summed E-state index contributed by atoms with van der Waals surface area (Å²) >= 11 is 0. The number of hydrogen-bond acceptors (Lipinski definition) is 4. The molecule has 0 amide bonds. The van der Waals surface area contributed by atoms with Gasteiger partial charge in [-0.15, -0.1) is 0 Å². The monoisotopic (exact) mass is 276 g/mol. The minimum Gasteiger partial charge on any atom is -0.491 e. The fourth-order valence-corrected chi connectivity index (χ4v) is 2.89. The zero-order valence-corrected chi connectivity index (χ0v) is 12.0. The van der Waals surface area contributed by atoms with Crippen LogP contribution in [0.25, 0.3) is 0 Å². The molecule has 1 atom stereocenters. The first-order valence-corrected chi connectivity index (χ1v) is 7.66. The maximum atomic E-state index is 5.96. The molecule has 4 nitrogen and oxygen atoms in total. The van der Waals surface area contributed by atoms with Gasteiger partial charge < -0.3 is 20.1 Å². The fraction of sp³-hybridized carbons (Fsp3) is 0.625. The molecule has 2 fully saturated rings. The van der Waals surface area contributed by atoms with Crippen LogP contribution in [0.4, 0.5) is 5.69 Å². The highest BCUT2D eigenvalue weighted by Gasteiger charge is 2.18. The summed E-state index contributed by atoms with van der Waals surface area (Å²) in [7, 11) is 0. The molecule has 1 unspecified atom stereocenters. The van der Waals surface area contributed by atoms with Crippen LogP contribution < -0.4 is 15.4 Å². The molecule has 2 saturated heterocycles. The Labute approximate surface area is 120 Å². The van der Waals surface area contributed by atoms with Crippen molar-refractivity contribution in [2.75, 3.05) is 31.2 Å². The fourth-order valence-electron chi connectivity index (χ4n) is 2.89. The lowest BCUT2D eigenvalue weighted by Crippen LogP contribution is -2.39. The van der Waals surface area contributed by atoms with Crippen LogP contribution in [0.15, 0.2) is 24.3 Å². The lowest BCUT2D eigenvalue weighted by molar-refractivity contribution is 0.0679. The van der Waals surface area contributed by atoms with Crippen LogP contribution >= 0.6 is 0 Å². The first kappa shape index (κ1) is 13.7. The molecule has 2 heterocycles. The van der Waals surface area contributed by atoms with Crippen molar-refractivity contribution in [2.45, 2.75) is 37.8 Å². The predicted octanol–water partition coefficient (Wildman–Crippen LogP) is 2.17. The third kappa shape index (κ3) is 3.44. The molecule has 0 bridgehead atoms. The lowest BCUT2D eigenvalue weighted by atomic mass is 10.1. The highest BCUT2D eigenvalue weighted by Crippen LogP contribution is 2.24. The van der Waals surface area contributed by atoms with Crippen LogP contribution in [0.5, 0.6) is 5.75 Å². The van der Waals surface area contributed by atoms with E-state index in [0.29, 0.717) is 12.6 Å². The Bertz CT molecular complexity index is 424. The Hall–Kier alpha value is -1.26. The summed E-state index contributed by atoms with van der Waals surface area (Å²) in [6.45, 7) is 3.61. The van der Waals surface area contributed by atoms with Gasteiger partial charge in [-0.2, -0.15) is 0 Å². The topological polar surface area (TPSA) is 47.7 Å². The maximum absolute atomic E-state index is 5.96. The van der Waals surface area contributed by atoms with Crippen molar-refractivity contribution in [2.24, 2.45) is 5.73 Å². The molecule has 1 aromatic rings. The van der Waals surface area contributed by atoms with Crippen LogP contribution in [0.1, 0.15) is 25.7 Å². The third-order valence-electron chi connectivity index (χ3n) is 4.18. The van der Waals surface area contributed by atoms with E-state index in [9.17, 15) is 0 Å². The quantitative estimate of drug-likeness (QED) is 0.915. The average Bonchev–Trinajstić information content (AvgIpc) is 3.00. The number of anilines is 1. The zero-order valence-electron chi connectivity index (χ0n) is 12.0. The van der Waals surface area contributed by atoms with Gasteiger partial charge in [-0.3, -0.25) is 0 Å². The molecule has 2 aliphatic rings. The van der Waals surface area contributed by atoms with Crippen molar-refractivity contribution in [1.29, 1.82) is 0 Å². The van der Waals surface area contributed by atoms with E-state index in [4.69, 9.17) is 15.2 Å². The van der Waals surface area contributed by atoms with E-state index in [1.165, 1.54) is 5.69 Å². The van der Waals surface area contributed by atoms with Crippen molar-refractivity contribution in [3.05, 3.63) is 24.3 Å². The summed E-state index contributed by atoms with van der Waals surface area (Å²) in [6, 6.07) is 8.73. The van der Waals surface area contributed by atoms with Crippen LogP contribution in [0.2, 0.25) is 0 Å². The van der Waals surface area contributed by atoms with Crippen molar-refractivity contribution in [3.8, 4) is 5.75 Å². The SMILES string of the molecule is NC1CCN(c2cccc(OCC3CCCO3)c2)CC1. The Morgan fingerprint density at radius 3 is 2.85 bits per heavy atom. The second kappa shape index (κ2) is 6.46. The number of ether oxygens (including phenoxy) is 2. The molecule has 20 heavy (non-hydrogen) atoms. The Morgan fingerprint density at radius 1 is 1.25 bits per heavy atom. The van der Waals surface area contributed by atoms with E-state index in [1.54, 1.807) is 0 Å². The van der Waals surface area contributed by atoms with Gasteiger partial charge in [-0.05, 0) is 37.8 Å². The van der Waals surface area contributed by atoms with Crippen molar-refractivity contribution >= 4 is 5.69 Å². The van der Waals surface area contributed by atoms with E-state index < -0.39 is 0 Å². The number of nitrogens with zero attached hydrogens (tertiary/aromatic N) is 1. The van der Waals surface area contributed by atoms with Gasteiger partial charge in [-0.1, -0.05) is 6.07 Å². The Balaban J connectivity index is 1.57. The molecular formula is C16H24N2O2. The van der Waals surface area contributed by atoms with E-state index in [2.05, 4.69) is 23.1 Å². The van der Waals surface area contributed by atoms with Crippen molar-refractivity contribution in [1.82, 2.24) is 0 Å². The van der Waals surface area contributed by atoms with Crippen LogP contribution in [-0.2, 0) is 4.74 Å². The Kier molecular flexibility index (Phi) is 4.43. The second-order valence-electron chi connectivity index (χ2n) is 5.77. The minimum absolute atomic E-state index is 0.270. The number of nitrogens with two attached hydrogens (primary N) is 1. The molecule has 2 aliphatic heterocycles. The van der Waals surface area contributed by atoms with E-state index in [0.717, 1.165) is 51.1 Å². The first-order valence-electron chi connectivity index (χ1n) is 7.66. The summed E-state index contributed by atoms with van der Waals surface area (Å²) in [4.78, 5) is 2.39. The number of benzene rings is 1. The van der Waals surface area contributed by atoms with Gasteiger partial charge in [0.2, 0.25) is 0 Å². The summed E-state index contributed by atoms with van der Waals surface area (Å²) in [6.07, 6.45) is 4.68. The lowest BCUT2D eigenvalue weighted by Gasteiger charge is -2.32. The van der Waals surface area contributed by atoms with Gasteiger partial charge in [0.25, 0.3) is 0 Å². The van der Waals surface area contributed by atoms with Crippen LogP contribution in [-0.4, -0.2) is 38.4 Å². The highest BCUT2D eigenvalue weighted by molar-refractivity contribution is 5.51. The summed E-state index contributed by atoms with van der Waals surface area (Å²) in [5.41, 5.74) is 7.19. The van der Waals surface area contributed by atoms with Crippen LogP contribution in [0.3, 0.4) is 0 Å². The highest BCUT2D eigenvalue weighted by atomic mass is 16.5. The smallest absolute Gasteiger partial charge is 0.121 e. The van der Waals surface area contributed by atoms with E-state index >= 15 is 0 Å². The standard InChI is InChI=1S/C16H24N2O2/c17-13-6-8-18(9-7-13)14-3-1-4-15(11-14)20-12-16-5-2-10-19-16/h1,3-4,11,13,16H,2,5-10,12,17H2. The molecule has 0 aromatic heterocycles. The predicted molar refractivity (Wildman–Crippen MR) is 80.3 cm³/mol. The molecular weight excluding hydrogens is 252 g/mol. The van der Waals surface area contributed by atoms with E-state index in [1.807, 2.05) is 6.07 Å². The number of piperidine rings is 1. The van der Waals surface area contributed by atoms with Gasteiger partial charge in [0.05, 0.1) is 6.10 Å². The van der Waals surface area contributed by atoms with Crippen molar-refractivity contribution < 1.29 is 9.47 Å². The normalized spacial score (nSPS) is 24.1. The van der Waals surface area contributed by atoms with Gasteiger partial charge in [0, 0.05) is 37.5 Å². The van der Waals surface area contributed by atoms with Gasteiger partial charge >= 0.3 is 0 Å².